The standard InChI is InChI=1S/C9H11N2/c1-2-6-10-9(5-1)11-7-3-4-8-11/h1,5-6H,3-4,7-8H2. The first-order valence-electron chi connectivity index (χ1n) is 4.04. The van der Waals surface area contributed by atoms with Gasteiger partial charge < -0.3 is 4.90 Å². The molecule has 0 unspecified atom stereocenters. The first kappa shape index (κ1) is 6.65. The Balaban J connectivity index is 2.16. The van der Waals surface area contributed by atoms with Crippen LogP contribution in [0.4, 0.5) is 5.82 Å². The van der Waals surface area contributed by atoms with Gasteiger partial charge >= 0.3 is 0 Å². The molecule has 1 saturated heterocycles. The van der Waals surface area contributed by atoms with Gasteiger partial charge in [0, 0.05) is 25.4 Å². The van der Waals surface area contributed by atoms with Crippen molar-refractivity contribution in [3.63, 3.8) is 0 Å². The van der Waals surface area contributed by atoms with Gasteiger partial charge in [-0.25, -0.2) is 4.98 Å². The second-order valence-electron chi connectivity index (χ2n) is 2.81. The molecule has 0 bridgehead atoms. The van der Waals surface area contributed by atoms with Gasteiger partial charge in [-0.15, -0.1) is 0 Å². The van der Waals surface area contributed by atoms with Crippen molar-refractivity contribution in [1.29, 1.82) is 0 Å². The van der Waals surface area contributed by atoms with Crippen LogP contribution in [0.1, 0.15) is 12.8 Å². The molecule has 1 fully saturated rings. The highest BCUT2D eigenvalue weighted by atomic mass is 15.2. The van der Waals surface area contributed by atoms with Crippen LogP contribution in [0.25, 0.3) is 0 Å². The fourth-order valence-electron chi connectivity index (χ4n) is 1.45. The van der Waals surface area contributed by atoms with E-state index in [0.29, 0.717) is 0 Å². The predicted molar refractivity (Wildman–Crippen MR) is 44.5 cm³/mol. The van der Waals surface area contributed by atoms with Crippen LogP contribution >= 0.6 is 0 Å². The molecule has 2 rings (SSSR count). The first-order chi connectivity index (χ1) is 5.47. The Morgan fingerprint density at radius 1 is 1.36 bits per heavy atom. The zero-order chi connectivity index (χ0) is 7.52. The topological polar surface area (TPSA) is 16.1 Å². The fraction of sp³-hybridized carbons (Fsp3) is 0.444. The molecule has 1 aromatic heterocycles. The Hall–Kier alpha value is -1.05. The molecule has 0 spiro atoms. The zero-order valence-electron chi connectivity index (χ0n) is 6.45. The number of hydrogen-bond donors (Lipinski definition) is 0. The number of hydrogen-bond acceptors (Lipinski definition) is 2. The lowest BCUT2D eigenvalue weighted by molar-refractivity contribution is 0.937. The van der Waals surface area contributed by atoms with Gasteiger partial charge in [-0.2, -0.15) is 0 Å². The summed E-state index contributed by atoms with van der Waals surface area (Å²) in [6, 6.07) is 6.85. The molecule has 11 heavy (non-hydrogen) atoms. The SMILES string of the molecule is [c]1ccc(N2CCCC2)nc1. The van der Waals surface area contributed by atoms with E-state index in [1.165, 1.54) is 12.8 Å². The first-order valence-corrected chi connectivity index (χ1v) is 4.04. The molecule has 57 valence electrons. The Kier molecular flexibility index (Phi) is 1.76. The average molecular weight is 147 g/mol. The molecule has 1 aliphatic rings. The molecular weight excluding hydrogens is 136 g/mol. The van der Waals surface area contributed by atoms with Gasteiger partial charge in [-0.05, 0) is 25.0 Å². The van der Waals surface area contributed by atoms with Gasteiger partial charge in [0.1, 0.15) is 5.82 Å². The van der Waals surface area contributed by atoms with E-state index in [1.54, 1.807) is 6.20 Å². The summed E-state index contributed by atoms with van der Waals surface area (Å²) in [7, 11) is 0. The third-order valence-electron chi connectivity index (χ3n) is 2.03. The van der Waals surface area contributed by atoms with Crippen LogP contribution in [0.5, 0.6) is 0 Å². The fourth-order valence-corrected chi connectivity index (χ4v) is 1.45. The van der Waals surface area contributed by atoms with Crippen molar-refractivity contribution in [2.75, 3.05) is 18.0 Å². The smallest absolute Gasteiger partial charge is 0.128 e. The molecule has 2 nitrogen and oxygen atoms in total. The monoisotopic (exact) mass is 147 g/mol. The van der Waals surface area contributed by atoms with Gasteiger partial charge in [0.05, 0.1) is 0 Å². The van der Waals surface area contributed by atoms with Crippen molar-refractivity contribution in [1.82, 2.24) is 4.98 Å². The maximum Gasteiger partial charge on any atom is 0.128 e. The lowest BCUT2D eigenvalue weighted by Crippen LogP contribution is -2.18. The van der Waals surface area contributed by atoms with Crippen molar-refractivity contribution in [2.45, 2.75) is 12.8 Å². The van der Waals surface area contributed by atoms with Gasteiger partial charge in [0.25, 0.3) is 0 Å². The summed E-state index contributed by atoms with van der Waals surface area (Å²) < 4.78 is 0. The highest BCUT2D eigenvalue weighted by Crippen LogP contribution is 2.15. The number of nitrogens with zero attached hydrogens (tertiary/aromatic N) is 2. The van der Waals surface area contributed by atoms with E-state index in [2.05, 4.69) is 16.0 Å². The molecule has 0 atom stereocenters. The molecule has 2 heterocycles. The van der Waals surface area contributed by atoms with Crippen molar-refractivity contribution in [2.24, 2.45) is 0 Å². The summed E-state index contributed by atoms with van der Waals surface area (Å²) in [5.41, 5.74) is 0. The molecule has 0 aromatic carbocycles. The predicted octanol–water partition coefficient (Wildman–Crippen LogP) is 1.48. The van der Waals surface area contributed by atoms with Crippen molar-refractivity contribution in [3.8, 4) is 0 Å². The van der Waals surface area contributed by atoms with E-state index in [1.807, 2.05) is 12.1 Å². The molecular formula is C9H11N2. The maximum absolute atomic E-state index is 4.23. The van der Waals surface area contributed by atoms with Crippen LogP contribution in [-0.4, -0.2) is 18.1 Å². The van der Waals surface area contributed by atoms with E-state index in [0.717, 1.165) is 18.9 Å². The third-order valence-corrected chi connectivity index (χ3v) is 2.03. The minimum absolute atomic E-state index is 1.10. The van der Waals surface area contributed by atoms with Crippen LogP contribution in [0, 0.1) is 6.07 Å². The van der Waals surface area contributed by atoms with E-state index in [4.69, 9.17) is 0 Å². The Labute approximate surface area is 66.9 Å². The zero-order valence-corrected chi connectivity index (χ0v) is 6.45. The molecule has 1 aliphatic heterocycles. The van der Waals surface area contributed by atoms with Crippen LogP contribution in [-0.2, 0) is 0 Å². The van der Waals surface area contributed by atoms with Crippen LogP contribution in [0.2, 0.25) is 0 Å². The quantitative estimate of drug-likeness (QED) is 0.598. The van der Waals surface area contributed by atoms with Crippen LogP contribution in [0.3, 0.4) is 0 Å². The van der Waals surface area contributed by atoms with Gasteiger partial charge in [0.2, 0.25) is 0 Å². The summed E-state index contributed by atoms with van der Waals surface area (Å²) in [4.78, 5) is 6.54. The van der Waals surface area contributed by atoms with E-state index >= 15 is 0 Å². The second-order valence-corrected chi connectivity index (χ2v) is 2.81. The highest BCUT2D eigenvalue weighted by Gasteiger charge is 2.11. The lowest BCUT2D eigenvalue weighted by Gasteiger charge is -2.14. The summed E-state index contributed by atoms with van der Waals surface area (Å²) in [6.45, 7) is 2.33. The molecule has 1 aromatic rings. The molecule has 1 radical (unpaired) electrons. The highest BCUT2D eigenvalue weighted by molar-refractivity contribution is 5.38. The minimum Gasteiger partial charge on any atom is -0.357 e. The Morgan fingerprint density at radius 2 is 2.18 bits per heavy atom. The lowest BCUT2D eigenvalue weighted by atomic mass is 10.4. The van der Waals surface area contributed by atoms with Crippen molar-refractivity contribution < 1.29 is 0 Å². The van der Waals surface area contributed by atoms with Gasteiger partial charge in [-0.3, -0.25) is 0 Å². The van der Waals surface area contributed by atoms with E-state index < -0.39 is 0 Å². The summed E-state index contributed by atoms with van der Waals surface area (Å²) in [5.74, 6) is 1.10. The average Bonchev–Trinajstić information content (AvgIpc) is 2.58. The summed E-state index contributed by atoms with van der Waals surface area (Å²) >= 11 is 0. The van der Waals surface area contributed by atoms with Crippen molar-refractivity contribution >= 4 is 5.82 Å². The van der Waals surface area contributed by atoms with Crippen molar-refractivity contribution in [3.05, 3.63) is 24.4 Å². The number of rotatable bonds is 1. The molecule has 0 saturated carbocycles. The largest absolute Gasteiger partial charge is 0.357 e. The second kappa shape index (κ2) is 2.91. The van der Waals surface area contributed by atoms with E-state index in [-0.39, 0.29) is 0 Å². The van der Waals surface area contributed by atoms with Gasteiger partial charge in [-0.1, -0.05) is 0 Å². The Bertz CT molecular complexity index is 214. The van der Waals surface area contributed by atoms with Crippen LogP contribution in [0.15, 0.2) is 18.3 Å². The van der Waals surface area contributed by atoms with Crippen LogP contribution < -0.4 is 4.90 Å². The number of pyridine rings is 1. The molecule has 0 amide bonds. The number of anilines is 1. The van der Waals surface area contributed by atoms with Gasteiger partial charge in [0.15, 0.2) is 0 Å². The summed E-state index contributed by atoms with van der Waals surface area (Å²) in [5, 5.41) is 0. The maximum atomic E-state index is 4.23. The molecule has 0 N–H and O–H groups in total. The molecule has 2 heteroatoms. The molecule has 0 aliphatic carbocycles. The summed E-state index contributed by atoms with van der Waals surface area (Å²) in [6.07, 6.45) is 4.34. The normalized spacial score (nSPS) is 17.3. The Morgan fingerprint density at radius 3 is 2.82 bits per heavy atom. The minimum atomic E-state index is 1.10. The number of aromatic nitrogens is 1. The van der Waals surface area contributed by atoms with E-state index in [9.17, 15) is 0 Å². The third kappa shape index (κ3) is 1.34.